The highest BCUT2D eigenvalue weighted by molar-refractivity contribution is 6.36. The summed E-state index contributed by atoms with van der Waals surface area (Å²) in [6, 6.07) is 2.22. The predicted octanol–water partition coefficient (Wildman–Crippen LogP) is 3.02. The zero-order chi connectivity index (χ0) is 13.0. The van der Waals surface area contributed by atoms with Crippen LogP contribution in [0.15, 0.2) is 12.1 Å². The molecule has 0 fully saturated rings. The first kappa shape index (κ1) is 17.4. The van der Waals surface area contributed by atoms with Gasteiger partial charge in [-0.15, -0.1) is 12.4 Å². The van der Waals surface area contributed by atoms with Crippen LogP contribution < -0.4 is 11.1 Å². The molecule has 1 amide bonds. The van der Waals surface area contributed by atoms with E-state index in [2.05, 4.69) is 5.32 Å². The van der Waals surface area contributed by atoms with Gasteiger partial charge in [0.25, 0.3) is 5.91 Å². The van der Waals surface area contributed by atoms with Gasteiger partial charge in [0.15, 0.2) is 0 Å². The summed E-state index contributed by atoms with van der Waals surface area (Å²) in [5.74, 6) is -1.11. The van der Waals surface area contributed by atoms with Crippen LogP contribution >= 0.6 is 35.6 Å². The summed E-state index contributed by atoms with van der Waals surface area (Å²) < 4.78 is 13.2. The van der Waals surface area contributed by atoms with Crippen LogP contribution in [0.25, 0.3) is 0 Å². The first-order valence-electron chi connectivity index (χ1n) is 5.10. The largest absolute Gasteiger partial charge is 0.352 e. The molecule has 1 unspecified atom stereocenters. The van der Waals surface area contributed by atoms with Crippen LogP contribution in [0.2, 0.25) is 10.0 Å². The Kier molecular flexibility index (Phi) is 7.55. The van der Waals surface area contributed by atoms with Crippen molar-refractivity contribution in [3.05, 3.63) is 33.6 Å². The molecule has 0 aliphatic heterocycles. The van der Waals surface area contributed by atoms with E-state index in [1.807, 2.05) is 6.92 Å². The molecule has 0 saturated heterocycles. The number of hydrogen-bond donors (Lipinski definition) is 2. The van der Waals surface area contributed by atoms with Gasteiger partial charge in [-0.25, -0.2) is 4.39 Å². The molecule has 0 bridgehead atoms. The molecule has 0 spiro atoms. The molecule has 1 aromatic carbocycles. The second kappa shape index (κ2) is 7.79. The molecule has 1 rings (SSSR count). The Morgan fingerprint density at radius 1 is 1.44 bits per heavy atom. The van der Waals surface area contributed by atoms with Gasteiger partial charge in [0.05, 0.1) is 15.6 Å². The monoisotopic (exact) mass is 314 g/mol. The smallest absolute Gasteiger partial charge is 0.252 e. The van der Waals surface area contributed by atoms with E-state index in [1.165, 1.54) is 6.07 Å². The molecule has 18 heavy (non-hydrogen) atoms. The molecule has 7 heteroatoms. The predicted molar refractivity (Wildman–Crippen MR) is 74.3 cm³/mol. The molecule has 102 valence electrons. The standard InChI is InChI=1S/C11H13Cl2FN2O.ClH/c1-6(15)2-3-16-11(17)7-4-10(14)9(13)5-8(7)12;/h4-6H,2-3,15H2,1H3,(H,16,17);1H. The van der Waals surface area contributed by atoms with Gasteiger partial charge in [0.1, 0.15) is 5.82 Å². The molecular weight excluding hydrogens is 301 g/mol. The summed E-state index contributed by atoms with van der Waals surface area (Å²) in [4.78, 5) is 11.7. The SMILES string of the molecule is CC(N)CCNC(=O)c1cc(F)c(Cl)cc1Cl.Cl. The highest BCUT2D eigenvalue weighted by Gasteiger charge is 2.13. The van der Waals surface area contributed by atoms with Crippen LogP contribution in [-0.2, 0) is 0 Å². The Hall–Kier alpha value is -0.550. The van der Waals surface area contributed by atoms with Gasteiger partial charge in [0, 0.05) is 12.6 Å². The molecule has 0 radical (unpaired) electrons. The van der Waals surface area contributed by atoms with E-state index >= 15 is 0 Å². The van der Waals surface area contributed by atoms with Gasteiger partial charge in [-0.1, -0.05) is 23.2 Å². The van der Waals surface area contributed by atoms with E-state index in [4.69, 9.17) is 28.9 Å². The quantitative estimate of drug-likeness (QED) is 0.839. The number of halogens is 4. The van der Waals surface area contributed by atoms with Crippen molar-refractivity contribution in [1.82, 2.24) is 5.32 Å². The molecule has 0 aliphatic carbocycles. The lowest BCUT2D eigenvalue weighted by Gasteiger charge is -2.09. The van der Waals surface area contributed by atoms with Crippen molar-refractivity contribution in [1.29, 1.82) is 0 Å². The Bertz CT molecular complexity index is 427. The van der Waals surface area contributed by atoms with Gasteiger partial charge in [-0.05, 0) is 25.5 Å². The second-order valence-corrected chi connectivity index (χ2v) is 4.58. The molecule has 0 saturated carbocycles. The third kappa shape index (κ3) is 4.98. The summed E-state index contributed by atoms with van der Waals surface area (Å²) in [6.07, 6.45) is 0.638. The molecule has 0 heterocycles. The first-order chi connectivity index (χ1) is 7.91. The minimum absolute atomic E-state index is 0. The molecule has 1 atom stereocenters. The Morgan fingerprint density at radius 2 is 2.06 bits per heavy atom. The van der Waals surface area contributed by atoms with Crippen molar-refractivity contribution < 1.29 is 9.18 Å². The lowest BCUT2D eigenvalue weighted by molar-refractivity contribution is 0.0952. The molecular formula is C11H14Cl3FN2O. The van der Waals surface area contributed by atoms with Crippen LogP contribution in [0.1, 0.15) is 23.7 Å². The van der Waals surface area contributed by atoms with Crippen molar-refractivity contribution in [2.24, 2.45) is 5.73 Å². The van der Waals surface area contributed by atoms with Gasteiger partial charge in [-0.2, -0.15) is 0 Å². The van der Waals surface area contributed by atoms with Gasteiger partial charge in [-0.3, -0.25) is 4.79 Å². The van der Waals surface area contributed by atoms with E-state index < -0.39 is 11.7 Å². The van der Waals surface area contributed by atoms with Gasteiger partial charge < -0.3 is 11.1 Å². The summed E-state index contributed by atoms with van der Waals surface area (Å²) in [6.45, 7) is 2.25. The fourth-order valence-electron chi connectivity index (χ4n) is 1.21. The number of benzene rings is 1. The molecule has 1 aromatic rings. The Labute approximate surface area is 121 Å². The minimum Gasteiger partial charge on any atom is -0.352 e. The van der Waals surface area contributed by atoms with Crippen molar-refractivity contribution in [2.75, 3.05) is 6.54 Å². The lowest BCUT2D eigenvalue weighted by atomic mass is 10.2. The highest BCUT2D eigenvalue weighted by Crippen LogP contribution is 2.24. The Morgan fingerprint density at radius 3 is 2.61 bits per heavy atom. The maximum atomic E-state index is 13.2. The zero-order valence-electron chi connectivity index (χ0n) is 9.67. The van der Waals surface area contributed by atoms with E-state index in [1.54, 1.807) is 0 Å². The Balaban J connectivity index is 0.00000289. The van der Waals surface area contributed by atoms with Crippen LogP contribution in [0.5, 0.6) is 0 Å². The van der Waals surface area contributed by atoms with Gasteiger partial charge >= 0.3 is 0 Å². The van der Waals surface area contributed by atoms with Crippen LogP contribution in [0, 0.1) is 5.82 Å². The summed E-state index contributed by atoms with van der Waals surface area (Å²) in [5, 5.41) is 2.62. The number of rotatable bonds is 4. The number of carbonyl (C=O) groups excluding carboxylic acids is 1. The number of carbonyl (C=O) groups is 1. The van der Waals surface area contributed by atoms with Crippen LogP contribution in [0.4, 0.5) is 4.39 Å². The van der Waals surface area contributed by atoms with E-state index in [-0.39, 0.29) is 34.1 Å². The fraction of sp³-hybridized carbons (Fsp3) is 0.364. The average molecular weight is 316 g/mol. The highest BCUT2D eigenvalue weighted by atomic mass is 35.5. The van der Waals surface area contributed by atoms with E-state index in [9.17, 15) is 9.18 Å². The molecule has 3 nitrogen and oxygen atoms in total. The van der Waals surface area contributed by atoms with Gasteiger partial charge in [0.2, 0.25) is 0 Å². The normalized spacial score (nSPS) is 11.6. The number of hydrogen-bond acceptors (Lipinski definition) is 2. The van der Waals surface area contributed by atoms with Crippen molar-refractivity contribution in [3.63, 3.8) is 0 Å². The average Bonchev–Trinajstić information content (AvgIpc) is 2.22. The fourth-order valence-corrected chi connectivity index (χ4v) is 1.67. The zero-order valence-corrected chi connectivity index (χ0v) is 12.0. The third-order valence-corrected chi connectivity index (χ3v) is 2.74. The second-order valence-electron chi connectivity index (χ2n) is 3.77. The maximum absolute atomic E-state index is 13.2. The summed E-state index contributed by atoms with van der Waals surface area (Å²) in [7, 11) is 0. The summed E-state index contributed by atoms with van der Waals surface area (Å²) in [5.41, 5.74) is 5.60. The molecule has 0 aliphatic rings. The maximum Gasteiger partial charge on any atom is 0.252 e. The minimum atomic E-state index is -0.673. The van der Waals surface area contributed by atoms with Crippen molar-refractivity contribution >= 4 is 41.5 Å². The molecule has 0 aromatic heterocycles. The third-order valence-electron chi connectivity index (χ3n) is 2.14. The number of nitrogens with one attached hydrogen (secondary N) is 1. The first-order valence-corrected chi connectivity index (χ1v) is 5.85. The van der Waals surface area contributed by atoms with E-state index in [0.29, 0.717) is 13.0 Å². The van der Waals surface area contributed by atoms with Crippen molar-refractivity contribution in [3.8, 4) is 0 Å². The topological polar surface area (TPSA) is 55.1 Å². The lowest BCUT2D eigenvalue weighted by Crippen LogP contribution is -2.29. The van der Waals surface area contributed by atoms with E-state index in [0.717, 1.165) is 6.07 Å². The van der Waals surface area contributed by atoms with Crippen molar-refractivity contribution in [2.45, 2.75) is 19.4 Å². The number of nitrogens with two attached hydrogens (primary N) is 1. The summed E-state index contributed by atoms with van der Waals surface area (Å²) >= 11 is 11.3. The van der Waals surface area contributed by atoms with Crippen LogP contribution in [-0.4, -0.2) is 18.5 Å². The molecule has 3 N–H and O–H groups in total. The number of amides is 1. The van der Waals surface area contributed by atoms with Crippen LogP contribution in [0.3, 0.4) is 0 Å².